The van der Waals surface area contributed by atoms with Crippen molar-refractivity contribution in [2.75, 3.05) is 26.2 Å². The van der Waals surface area contributed by atoms with Gasteiger partial charge in [-0.3, -0.25) is 14.8 Å². The van der Waals surface area contributed by atoms with E-state index in [0.717, 1.165) is 38.3 Å². The molecule has 0 spiro atoms. The van der Waals surface area contributed by atoms with Gasteiger partial charge in [-0.1, -0.05) is 19.9 Å². The Morgan fingerprint density at radius 1 is 1.35 bits per heavy atom. The van der Waals surface area contributed by atoms with E-state index in [4.69, 9.17) is 5.73 Å². The first kappa shape index (κ1) is 15.4. The lowest BCUT2D eigenvalue weighted by Gasteiger charge is -2.44. The summed E-state index contributed by atoms with van der Waals surface area (Å²) in [5.74, 6) is 0. The standard InChI is InChI=1S/C16H28N4/c1-4-14(17)16(15-8-6-7-9-18-15)20-11-10-19(5-2)13(3)12-20/h6-9,13-14,16H,4-5,10-12,17H2,1-3H3. The number of likely N-dealkylation sites (N-methyl/N-ethyl adjacent to an activating group) is 1. The summed E-state index contributed by atoms with van der Waals surface area (Å²) in [6.45, 7) is 11.1. The lowest BCUT2D eigenvalue weighted by atomic mass is 9.98. The fourth-order valence-corrected chi connectivity index (χ4v) is 3.20. The summed E-state index contributed by atoms with van der Waals surface area (Å²) in [7, 11) is 0. The van der Waals surface area contributed by atoms with Crippen LogP contribution in [0, 0.1) is 0 Å². The Morgan fingerprint density at radius 2 is 2.15 bits per heavy atom. The van der Waals surface area contributed by atoms with Crippen LogP contribution < -0.4 is 5.73 Å². The highest BCUT2D eigenvalue weighted by Gasteiger charge is 2.31. The van der Waals surface area contributed by atoms with Crippen molar-refractivity contribution in [2.24, 2.45) is 5.73 Å². The molecule has 2 heterocycles. The third-order valence-electron chi connectivity index (χ3n) is 4.46. The second kappa shape index (κ2) is 7.16. The molecule has 2 N–H and O–H groups in total. The fraction of sp³-hybridized carbons (Fsp3) is 0.688. The van der Waals surface area contributed by atoms with Gasteiger partial charge in [0.1, 0.15) is 0 Å². The zero-order valence-electron chi connectivity index (χ0n) is 13.0. The number of piperazine rings is 1. The Hall–Kier alpha value is -0.970. The molecule has 1 aromatic rings. The molecule has 0 amide bonds. The van der Waals surface area contributed by atoms with Gasteiger partial charge in [-0.05, 0) is 32.0 Å². The summed E-state index contributed by atoms with van der Waals surface area (Å²) >= 11 is 0. The van der Waals surface area contributed by atoms with Gasteiger partial charge in [0.25, 0.3) is 0 Å². The van der Waals surface area contributed by atoms with E-state index in [9.17, 15) is 0 Å². The largest absolute Gasteiger partial charge is 0.326 e. The minimum Gasteiger partial charge on any atom is -0.326 e. The molecule has 112 valence electrons. The first-order chi connectivity index (χ1) is 9.67. The molecule has 4 nitrogen and oxygen atoms in total. The Bertz CT molecular complexity index is 395. The van der Waals surface area contributed by atoms with Gasteiger partial charge in [0.15, 0.2) is 0 Å². The second-order valence-corrected chi connectivity index (χ2v) is 5.74. The molecular weight excluding hydrogens is 248 g/mol. The number of nitrogens with two attached hydrogens (primary N) is 1. The van der Waals surface area contributed by atoms with Gasteiger partial charge in [0.2, 0.25) is 0 Å². The van der Waals surface area contributed by atoms with E-state index in [2.05, 4.69) is 47.7 Å². The molecule has 0 saturated carbocycles. The highest BCUT2D eigenvalue weighted by atomic mass is 15.3. The zero-order valence-corrected chi connectivity index (χ0v) is 13.0. The van der Waals surface area contributed by atoms with Crippen LogP contribution in [0.3, 0.4) is 0 Å². The third kappa shape index (κ3) is 3.37. The van der Waals surface area contributed by atoms with E-state index in [0.29, 0.717) is 6.04 Å². The van der Waals surface area contributed by atoms with Crippen molar-refractivity contribution in [2.45, 2.75) is 45.3 Å². The minimum atomic E-state index is 0.144. The van der Waals surface area contributed by atoms with Crippen LogP contribution in [-0.4, -0.2) is 53.0 Å². The SMILES string of the molecule is CCC(N)C(c1ccccn1)N1CCN(CC)C(C)C1. The van der Waals surface area contributed by atoms with Crippen molar-refractivity contribution >= 4 is 0 Å². The molecule has 0 aromatic carbocycles. The lowest BCUT2D eigenvalue weighted by molar-refractivity contribution is 0.0479. The summed E-state index contributed by atoms with van der Waals surface area (Å²) in [5, 5.41) is 0. The van der Waals surface area contributed by atoms with Gasteiger partial charge in [0.05, 0.1) is 11.7 Å². The van der Waals surface area contributed by atoms with Gasteiger partial charge in [0, 0.05) is 37.9 Å². The van der Waals surface area contributed by atoms with Crippen LogP contribution in [0.1, 0.15) is 38.9 Å². The van der Waals surface area contributed by atoms with E-state index in [1.807, 2.05) is 12.3 Å². The summed E-state index contributed by atoms with van der Waals surface area (Å²) in [4.78, 5) is 9.60. The maximum absolute atomic E-state index is 6.40. The maximum atomic E-state index is 6.40. The van der Waals surface area contributed by atoms with Crippen LogP contribution in [0.2, 0.25) is 0 Å². The zero-order chi connectivity index (χ0) is 14.5. The fourth-order valence-electron chi connectivity index (χ4n) is 3.20. The number of nitrogens with zero attached hydrogens (tertiary/aromatic N) is 3. The van der Waals surface area contributed by atoms with E-state index in [1.165, 1.54) is 0 Å². The van der Waals surface area contributed by atoms with Crippen LogP contribution >= 0.6 is 0 Å². The highest BCUT2D eigenvalue weighted by molar-refractivity contribution is 5.12. The Labute approximate surface area is 123 Å². The van der Waals surface area contributed by atoms with Crippen LogP contribution in [-0.2, 0) is 0 Å². The van der Waals surface area contributed by atoms with Crippen LogP contribution in [0.25, 0.3) is 0 Å². The van der Waals surface area contributed by atoms with E-state index < -0.39 is 0 Å². The number of hydrogen-bond acceptors (Lipinski definition) is 4. The normalized spacial score (nSPS) is 24.5. The first-order valence-corrected chi connectivity index (χ1v) is 7.82. The van der Waals surface area contributed by atoms with Crippen LogP contribution in [0.4, 0.5) is 0 Å². The molecule has 0 radical (unpaired) electrons. The minimum absolute atomic E-state index is 0.144. The quantitative estimate of drug-likeness (QED) is 0.892. The van der Waals surface area contributed by atoms with E-state index in [1.54, 1.807) is 0 Å². The van der Waals surface area contributed by atoms with Gasteiger partial charge in [-0.25, -0.2) is 0 Å². The van der Waals surface area contributed by atoms with Gasteiger partial charge in [-0.2, -0.15) is 0 Å². The molecular formula is C16H28N4. The number of pyridine rings is 1. The predicted octanol–water partition coefficient (Wildman–Crippen LogP) is 1.89. The monoisotopic (exact) mass is 276 g/mol. The molecule has 1 aromatic heterocycles. The average molecular weight is 276 g/mol. The van der Waals surface area contributed by atoms with Crippen LogP contribution in [0.15, 0.2) is 24.4 Å². The van der Waals surface area contributed by atoms with Crippen LogP contribution in [0.5, 0.6) is 0 Å². The third-order valence-corrected chi connectivity index (χ3v) is 4.46. The number of rotatable bonds is 5. The molecule has 1 fully saturated rings. The molecule has 4 heteroatoms. The van der Waals surface area contributed by atoms with Crippen molar-refractivity contribution < 1.29 is 0 Å². The van der Waals surface area contributed by atoms with E-state index in [-0.39, 0.29) is 12.1 Å². The van der Waals surface area contributed by atoms with Crippen molar-refractivity contribution in [3.05, 3.63) is 30.1 Å². The lowest BCUT2D eigenvalue weighted by Crippen LogP contribution is -2.55. The molecule has 3 atom stereocenters. The van der Waals surface area contributed by atoms with Gasteiger partial charge in [-0.15, -0.1) is 0 Å². The van der Waals surface area contributed by atoms with Crippen molar-refractivity contribution in [1.82, 2.24) is 14.8 Å². The number of hydrogen-bond donors (Lipinski definition) is 1. The molecule has 1 saturated heterocycles. The van der Waals surface area contributed by atoms with E-state index >= 15 is 0 Å². The molecule has 3 unspecified atom stereocenters. The van der Waals surface area contributed by atoms with Crippen molar-refractivity contribution in [3.8, 4) is 0 Å². The Kier molecular flexibility index (Phi) is 5.52. The summed E-state index contributed by atoms with van der Waals surface area (Å²) in [5.41, 5.74) is 7.51. The van der Waals surface area contributed by atoms with Crippen molar-refractivity contribution in [3.63, 3.8) is 0 Å². The first-order valence-electron chi connectivity index (χ1n) is 7.82. The molecule has 1 aliphatic heterocycles. The predicted molar refractivity (Wildman–Crippen MR) is 83.5 cm³/mol. The molecule has 20 heavy (non-hydrogen) atoms. The average Bonchev–Trinajstić information content (AvgIpc) is 2.48. The summed E-state index contributed by atoms with van der Waals surface area (Å²) in [6, 6.07) is 7.10. The van der Waals surface area contributed by atoms with Gasteiger partial charge < -0.3 is 5.73 Å². The van der Waals surface area contributed by atoms with Gasteiger partial charge >= 0.3 is 0 Å². The summed E-state index contributed by atoms with van der Waals surface area (Å²) < 4.78 is 0. The molecule has 0 aliphatic carbocycles. The number of aromatic nitrogens is 1. The summed E-state index contributed by atoms with van der Waals surface area (Å²) in [6.07, 6.45) is 2.85. The molecule has 0 bridgehead atoms. The Balaban J connectivity index is 2.16. The second-order valence-electron chi connectivity index (χ2n) is 5.74. The molecule has 1 aliphatic rings. The Morgan fingerprint density at radius 3 is 2.70 bits per heavy atom. The maximum Gasteiger partial charge on any atom is 0.0674 e. The molecule has 2 rings (SSSR count). The smallest absolute Gasteiger partial charge is 0.0674 e. The topological polar surface area (TPSA) is 45.4 Å². The highest BCUT2D eigenvalue weighted by Crippen LogP contribution is 2.26. The van der Waals surface area contributed by atoms with Crippen molar-refractivity contribution in [1.29, 1.82) is 0 Å².